The van der Waals surface area contributed by atoms with E-state index in [0.29, 0.717) is 0 Å². The molecule has 0 radical (unpaired) electrons. The average molecular weight is 269 g/mol. The Morgan fingerprint density at radius 2 is 2.00 bits per heavy atom. The quantitative estimate of drug-likeness (QED) is 0.669. The number of benzene rings is 1. The first-order chi connectivity index (χ1) is 8.77. The summed E-state index contributed by atoms with van der Waals surface area (Å²) in [6, 6.07) is 4.19. The summed E-state index contributed by atoms with van der Waals surface area (Å²) in [6.07, 6.45) is 0. The topological polar surface area (TPSA) is 119 Å². The largest absolute Gasteiger partial charge is 0.493 e. The summed E-state index contributed by atoms with van der Waals surface area (Å²) in [6.45, 7) is 0.647. The molecule has 0 aromatic heterocycles. The Kier molecular flexibility index (Phi) is 4.34. The highest BCUT2D eigenvalue weighted by atomic mass is 16.5. The Morgan fingerprint density at radius 3 is 2.47 bits per heavy atom. The van der Waals surface area contributed by atoms with Crippen LogP contribution in [0, 0.1) is 0 Å². The molecule has 7 heteroatoms. The molecule has 1 aromatic carbocycles. The number of hydrogen-bond donors (Lipinski definition) is 3. The summed E-state index contributed by atoms with van der Waals surface area (Å²) < 4.78 is 10.2. The maximum atomic E-state index is 11.0. The number of nitrogens with two attached hydrogens (primary N) is 1. The molecule has 0 saturated heterocycles. The molecule has 0 aliphatic heterocycles. The van der Waals surface area contributed by atoms with Gasteiger partial charge >= 0.3 is 5.97 Å². The normalized spacial score (nSPS) is 13.4. The number of ether oxygens (including phenoxy) is 2. The second-order valence-electron chi connectivity index (χ2n) is 4.10. The lowest BCUT2D eigenvalue weighted by atomic mass is 10.1. The van der Waals surface area contributed by atoms with Gasteiger partial charge in [0, 0.05) is 5.56 Å². The Labute approximate surface area is 109 Å². The molecular weight excluding hydrogens is 254 g/mol. The molecule has 0 fully saturated rings. The van der Waals surface area contributed by atoms with Gasteiger partial charge in [0.15, 0.2) is 17.1 Å². The minimum Gasteiger partial charge on any atom is -0.493 e. The van der Waals surface area contributed by atoms with Crippen LogP contribution in [0.25, 0.3) is 0 Å². The van der Waals surface area contributed by atoms with Crippen LogP contribution in [0.5, 0.6) is 11.5 Å². The smallest absolute Gasteiger partial charge is 0.339 e. The van der Waals surface area contributed by atoms with E-state index in [1.54, 1.807) is 0 Å². The molecule has 104 valence electrons. The number of aliphatic hydroxyl groups is 1. The van der Waals surface area contributed by atoms with Crippen LogP contribution >= 0.6 is 0 Å². The Balaban J connectivity index is 2.90. The van der Waals surface area contributed by atoms with Gasteiger partial charge in [-0.15, -0.1) is 0 Å². The second kappa shape index (κ2) is 5.57. The molecule has 4 N–H and O–H groups in total. The van der Waals surface area contributed by atoms with Crippen molar-refractivity contribution in [2.45, 2.75) is 12.5 Å². The number of carbonyl (C=O) groups excluding carboxylic acids is 1. The van der Waals surface area contributed by atoms with E-state index in [4.69, 9.17) is 20.3 Å². The highest BCUT2D eigenvalue weighted by Crippen LogP contribution is 2.28. The highest BCUT2D eigenvalue weighted by molar-refractivity contribution is 5.93. The van der Waals surface area contributed by atoms with Gasteiger partial charge in [0.25, 0.3) is 0 Å². The minimum atomic E-state index is -2.02. The number of amides is 1. The number of primary amides is 1. The average Bonchev–Trinajstić information content (AvgIpc) is 2.35. The standard InChI is InChI=1S/C12H15NO6/c1-12(17,11(15)16)6-19-8-4-3-7(10(13)14)5-9(8)18-2/h3-5,17H,6H2,1-2H3,(H2,13,14)(H,15,16). The van der Waals surface area contributed by atoms with E-state index in [0.717, 1.165) is 6.92 Å². The minimum absolute atomic E-state index is 0.203. The molecule has 1 rings (SSSR count). The molecule has 1 aromatic rings. The first-order valence-electron chi connectivity index (χ1n) is 5.34. The van der Waals surface area contributed by atoms with E-state index in [-0.39, 0.29) is 17.1 Å². The zero-order valence-electron chi connectivity index (χ0n) is 10.5. The van der Waals surface area contributed by atoms with Gasteiger partial charge in [-0.05, 0) is 25.1 Å². The number of aliphatic carboxylic acids is 1. The van der Waals surface area contributed by atoms with E-state index in [1.165, 1.54) is 25.3 Å². The molecule has 1 amide bonds. The van der Waals surface area contributed by atoms with Crippen LogP contribution in [0.15, 0.2) is 18.2 Å². The predicted molar refractivity (Wildman–Crippen MR) is 65.3 cm³/mol. The zero-order chi connectivity index (χ0) is 14.6. The predicted octanol–water partition coefficient (Wildman–Crippen LogP) is 0.00850. The van der Waals surface area contributed by atoms with Crippen molar-refractivity contribution in [3.8, 4) is 11.5 Å². The molecule has 1 atom stereocenters. The molecule has 0 aliphatic rings. The van der Waals surface area contributed by atoms with Crippen molar-refractivity contribution < 1.29 is 29.3 Å². The summed E-state index contributed by atoms with van der Waals surface area (Å²) in [5, 5.41) is 18.3. The van der Waals surface area contributed by atoms with Crippen LogP contribution in [0.1, 0.15) is 17.3 Å². The van der Waals surface area contributed by atoms with Crippen molar-refractivity contribution in [3.63, 3.8) is 0 Å². The third-order valence-electron chi connectivity index (χ3n) is 2.42. The number of carboxylic acids is 1. The third-order valence-corrected chi connectivity index (χ3v) is 2.42. The third kappa shape index (κ3) is 3.59. The Hall–Kier alpha value is -2.28. The highest BCUT2D eigenvalue weighted by Gasteiger charge is 2.31. The van der Waals surface area contributed by atoms with Crippen LogP contribution in [0.4, 0.5) is 0 Å². The van der Waals surface area contributed by atoms with E-state index >= 15 is 0 Å². The molecule has 0 bridgehead atoms. The molecule has 1 unspecified atom stereocenters. The van der Waals surface area contributed by atoms with Crippen molar-refractivity contribution in [1.29, 1.82) is 0 Å². The zero-order valence-corrected chi connectivity index (χ0v) is 10.5. The van der Waals surface area contributed by atoms with Gasteiger partial charge in [-0.3, -0.25) is 4.79 Å². The van der Waals surface area contributed by atoms with Gasteiger partial charge in [-0.1, -0.05) is 0 Å². The van der Waals surface area contributed by atoms with Gasteiger partial charge in [0.1, 0.15) is 6.61 Å². The SMILES string of the molecule is COc1cc(C(N)=O)ccc1OCC(C)(O)C(=O)O. The molecule has 0 heterocycles. The van der Waals surface area contributed by atoms with E-state index in [9.17, 15) is 14.7 Å². The van der Waals surface area contributed by atoms with Crippen molar-refractivity contribution in [1.82, 2.24) is 0 Å². The van der Waals surface area contributed by atoms with Crippen LogP contribution in [0.2, 0.25) is 0 Å². The summed E-state index contributed by atoms with van der Waals surface area (Å²) in [5.74, 6) is -1.60. The van der Waals surface area contributed by atoms with E-state index in [2.05, 4.69) is 0 Å². The number of carbonyl (C=O) groups is 2. The Bertz CT molecular complexity index is 497. The van der Waals surface area contributed by atoms with Crippen LogP contribution < -0.4 is 15.2 Å². The van der Waals surface area contributed by atoms with Crippen molar-refractivity contribution >= 4 is 11.9 Å². The lowest BCUT2D eigenvalue weighted by Crippen LogP contribution is -2.41. The maximum Gasteiger partial charge on any atom is 0.339 e. The fourth-order valence-electron chi connectivity index (χ4n) is 1.22. The molecule has 0 saturated carbocycles. The first-order valence-corrected chi connectivity index (χ1v) is 5.34. The van der Waals surface area contributed by atoms with E-state index < -0.39 is 24.1 Å². The van der Waals surface area contributed by atoms with Gasteiger partial charge in [0.05, 0.1) is 7.11 Å². The lowest BCUT2D eigenvalue weighted by Gasteiger charge is -2.19. The number of rotatable bonds is 6. The van der Waals surface area contributed by atoms with E-state index in [1.807, 2.05) is 0 Å². The first kappa shape index (κ1) is 14.8. The number of carboxylic acid groups (broad SMARTS) is 1. The Morgan fingerprint density at radius 1 is 1.37 bits per heavy atom. The van der Waals surface area contributed by atoms with Crippen molar-refractivity contribution in [3.05, 3.63) is 23.8 Å². The molecule has 0 aliphatic carbocycles. The van der Waals surface area contributed by atoms with Crippen molar-refractivity contribution in [2.75, 3.05) is 13.7 Å². The van der Waals surface area contributed by atoms with Crippen LogP contribution in [-0.4, -0.2) is 41.4 Å². The summed E-state index contributed by atoms with van der Waals surface area (Å²) in [7, 11) is 1.36. The molecular formula is C12H15NO6. The summed E-state index contributed by atoms with van der Waals surface area (Å²) >= 11 is 0. The summed E-state index contributed by atoms with van der Waals surface area (Å²) in [5.41, 5.74) is 3.33. The molecule has 7 nitrogen and oxygen atoms in total. The van der Waals surface area contributed by atoms with Crippen LogP contribution in [-0.2, 0) is 4.79 Å². The number of methoxy groups -OCH3 is 1. The van der Waals surface area contributed by atoms with Crippen molar-refractivity contribution in [2.24, 2.45) is 5.73 Å². The number of hydrogen-bond acceptors (Lipinski definition) is 5. The fraction of sp³-hybridized carbons (Fsp3) is 0.333. The fourth-order valence-corrected chi connectivity index (χ4v) is 1.22. The van der Waals surface area contributed by atoms with Gasteiger partial charge in [-0.25, -0.2) is 4.79 Å². The van der Waals surface area contributed by atoms with Gasteiger partial charge in [-0.2, -0.15) is 0 Å². The molecule has 0 spiro atoms. The lowest BCUT2D eigenvalue weighted by molar-refractivity contribution is -0.159. The monoisotopic (exact) mass is 269 g/mol. The van der Waals surface area contributed by atoms with Crippen LogP contribution in [0.3, 0.4) is 0 Å². The second-order valence-corrected chi connectivity index (χ2v) is 4.10. The van der Waals surface area contributed by atoms with Gasteiger partial charge in [0.2, 0.25) is 5.91 Å². The maximum absolute atomic E-state index is 11.0. The molecule has 19 heavy (non-hydrogen) atoms. The van der Waals surface area contributed by atoms with Gasteiger partial charge < -0.3 is 25.4 Å². The summed E-state index contributed by atoms with van der Waals surface area (Å²) in [4.78, 5) is 21.7.